The van der Waals surface area contributed by atoms with Crippen molar-refractivity contribution in [2.45, 2.75) is 45.4 Å². The van der Waals surface area contributed by atoms with Crippen LogP contribution in [-0.4, -0.2) is 39.2 Å². The van der Waals surface area contributed by atoms with Crippen LogP contribution in [0.1, 0.15) is 77.6 Å². The zero-order valence-electron chi connectivity index (χ0n) is 26.8. The number of hydrogen-bond donors (Lipinski definition) is 0. The summed E-state index contributed by atoms with van der Waals surface area (Å²) >= 11 is 0. The van der Waals surface area contributed by atoms with Crippen LogP contribution < -0.4 is 14.2 Å². The SMILES string of the molecule is COC(=O)c1cc(C(C)(C)c2ccc(OC)cc2)ccc1Oc1ccc(C(C)(C)c2ccc(OC(C)=O)cc2)cc1C(=O)OC. The van der Waals surface area contributed by atoms with Gasteiger partial charge in [-0.1, -0.05) is 64.1 Å². The molecule has 0 unspecified atom stereocenters. The highest BCUT2D eigenvalue weighted by Crippen LogP contribution is 2.39. The molecule has 0 N–H and O–H groups in total. The second-order valence-electron chi connectivity index (χ2n) is 11.6. The first-order chi connectivity index (χ1) is 21.3. The molecular weight excluding hydrogens is 572 g/mol. The van der Waals surface area contributed by atoms with E-state index in [2.05, 4.69) is 13.8 Å². The molecule has 8 nitrogen and oxygen atoms in total. The van der Waals surface area contributed by atoms with Crippen molar-refractivity contribution in [1.82, 2.24) is 0 Å². The smallest absolute Gasteiger partial charge is 0.341 e. The first kappa shape index (κ1) is 32.8. The number of methoxy groups -OCH3 is 3. The molecule has 4 aromatic carbocycles. The van der Waals surface area contributed by atoms with E-state index < -0.39 is 28.7 Å². The minimum absolute atomic E-state index is 0.193. The van der Waals surface area contributed by atoms with Crippen LogP contribution in [0, 0.1) is 0 Å². The lowest BCUT2D eigenvalue weighted by Gasteiger charge is -2.28. The van der Waals surface area contributed by atoms with Crippen molar-refractivity contribution in [2.75, 3.05) is 21.3 Å². The second kappa shape index (κ2) is 13.3. The number of esters is 3. The first-order valence-corrected chi connectivity index (χ1v) is 14.4. The molecule has 4 aromatic rings. The summed E-state index contributed by atoms with van der Waals surface area (Å²) in [4.78, 5) is 37.3. The maximum atomic E-state index is 13.0. The molecule has 45 heavy (non-hydrogen) atoms. The Morgan fingerprint density at radius 3 is 1.27 bits per heavy atom. The van der Waals surface area contributed by atoms with E-state index in [0.29, 0.717) is 5.75 Å². The molecule has 0 aromatic heterocycles. The van der Waals surface area contributed by atoms with E-state index in [1.165, 1.54) is 21.1 Å². The van der Waals surface area contributed by atoms with Gasteiger partial charge in [0.1, 0.15) is 34.1 Å². The van der Waals surface area contributed by atoms with Crippen molar-refractivity contribution in [2.24, 2.45) is 0 Å². The van der Waals surface area contributed by atoms with Crippen molar-refractivity contribution >= 4 is 17.9 Å². The van der Waals surface area contributed by atoms with E-state index in [1.54, 1.807) is 43.5 Å². The summed E-state index contributed by atoms with van der Waals surface area (Å²) in [5.74, 6) is 0.0821. The summed E-state index contributed by atoms with van der Waals surface area (Å²) in [5.41, 5.74) is 3.05. The zero-order valence-corrected chi connectivity index (χ0v) is 26.8. The van der Waals surface area contributed by atoms with Crippen LogP contribution in [-0.2, 0) is 25.1 Å². The highest BCUT2D eigenvalue weighted by Gasteiger charge is 2.29. The van der Waals surface area contributed by atoms with E-state index in [0.717, 1.165) is 28.0 Å². The lowest BCUT2D eigenvalue weighted by atomic mass is 9.77. The minimum atomic E-state index is -0.593. The minimum Gasteiger partial charge on any atom is -0.497 e. The molecule has 4 rings (SSSR count). The Kier molecular flexibility index (Phi) is 9.66. The van der Waals surface area contributed by atoms with Crippen molar-refractivity contribution in [3.63, 3.8) is 0 Å². The van der Waals surface area contributed by atoms with Crippen molar-refractivity contribution in [3.8, 4) is 23.0 Å². The molecule has 0 bridgehead atoms. The summed E-state index contributed by atoms with van der Waals surface area (Å²) in [7, 11) is 4.23. The Hall–Kier alpha value is -5.11. The molecule has 0 saturated carbocycles. The third-order valence-electron chi connectivity index (χ3n) is 8.08. The molecule has 0 amide bonds. The standard InChI is InChI=1S/C37H38O8/c1-23(38)44-29-17-11-25(12-18-29)37(4,5)27-14-20-33(31(22-27)35(40)43-8)45-32-19-13-26(21-30(32)34(39)42-7)36(2,3)24-9-15-28(41-6)16-10-24/h9-22H,1-8H3. The van der Waals surface area contributed by atoms with E-state index in [4.69, 9.17) is 23.7 Å². The molecular formula is C37H38O8. The highest BCUT2D eigenvalue weighted by molar-refractivity contribution is 5.94. The van der Waals surface area contributed by atoms with Crippen LogP contribution >= 0.6 is 0 Å². The largest absolute Gasteiger partial charge is 0.497 e. The maximum absolute atomic E-state index is 13.0. The summed E-state index contributed by atoms with van der Waals surface area (Å²) in [6.45, 7) is 9.51. The lowest BCUT2D eigenvalue weighted by molar-refractivity contribution is -0.131. The van der Waals surface area contributed by atoms with Gasteiger partial charge in [-0.3, -0.25) is 4.79 Å². The van der Waals surface area contributed by atoms with E-state index in [9.17, 15) is 14.4 Å². The van der Waals surface area contributed by atoms with E-state index >= 15 is 0 Å². The van der Waals surface area contributed by atoms with Gasteiger partial charge in [0, 0.05) is 17.8 Å². The summed E-state index contributed by atoms with van der Waals surface area (Å²) in [6.07, 6.45) is 0. The number of rotatable bonds is 10. The molecule has 0 heterocycles. The van der Waals surface area contributed by atoms with Gasteiger partial charge < -0.3 is 23.7 Å². The van der Waals surface area contributed by atoms with Crippen molar-refractivity contribution < 1.29 is 38.1 Å². The van der Waals surface area contributed by atoms with Crippen LogP contribution in [0.2, 0.25) is 0 Å². The predicted octanol–water partition coefficient (Wildman–Crippen LogP) is 7.64. The van der Waals surface area contributed by atoms with Gasteiger partial charge in [-0.05, 0) is 70.8 Å². The van der Waals surface area contributed by atoms with Gasteiger partial charge in [-0.25, -0.2) is 9.59 Å². The normalized spacial score (nSPS) is 11.4. The van der Waals surface area contributed by atoms with Crippen LogP contribution in [0.4, 0.5) is 0 Å². The molecule has 0 aliphatic rings. The molecule has 8 heteroatoms. The van der Waals surface area contributed by atoms with Crippen LogP contribution in [0.3, 0.4) is 0 Å². The van der Waals surface area contributed by atoms with Gasteiger partial charge in [0.05, 0.1) is 21.3 Å². The zero-order chi connectivity index (χ0) is 32.9. The summed E-state index contributed by atoms with van der Waals surface area (Å²) < 4.78 is 26.9. The third kappa shape index (κ3) is 7.01. The third-order valence-corrected chi connectivity index (χ3v) is 8.08. The molecule has 0 atom stereocenters. The topological polar surface area (TPSA) is 97.4 Å². The monoisotopic (exact) mass is 610 g/mol. The fourth-order valence-corrected chi connectivity index (χ4v) is 5.12. The Bertz CT molecular complexity index is 1700. The van der Waals surface area contributed by atoms with Gasteiger partial charge in [-0.15, -0.1) is 0 Å². The van der Waals surface area contributed by atoms with Crippen molar-refractivity contribution in [3.05, 3.63) is 118 Å². The molecule has 0 fully saturated rings. The molecule has 0 spiro atoms. The average Bonchev–Trinajstić information content (AvgIpc) is 3.04. The highest BCUT2D eigenvalue weighted by atomic mass is 16.5. The van der Waals surface area contributed by atoms with Crippen LogP contribution in [0.25, 0.3) is 0 Å². The summed E-state index contributed by atoms with van der Waals surface area (Å²) in [6, 6.07) is 25.6. The van der Waals surface area contributed by atoms with Gasteiger partial charge in [0.15, 0.2) is 0 Å². The Morgan fingerprint density at radius 1 is 0.533 bits per heavy atom. The second-order valence-corrected chi connectivity index (χ2v) is 11.6. The molecule has 234 valence electrons. The molecule has 0 saturated heterocycles. The number of carbonyl (C=O) groups is 3. The molecule has 0 aliphatic carbocycles. The number of benzene rings is 4. The Balaban J connectivity index is 1.72. The summed E-state index contributed by atoms with van der Waals surface area (Å²) in [5, 5.41) is 0. The number of hydrogen-bond acceptors (Lipinski definition) is 8. The van der Waals surface area contributed by atoms with Crippen LogP contribution in [0.15, 0.2) is 84.9 Å². The fraction of sp³-hybridized carbons (Fsp3) is 0.270. The predicted molar refractivity (Wildman–Crippen MR) is 171 cm³/mol. The van der Waals surface area contributed by atoms with Crippen molar-refractivity contribution in [1.29, 1.82) is 0 Å². The number of carbonyl (C=O) groups excluding carboxylic acids is 3. The van der Waals surface area contributed by atoms with E-state index in [1.807, 2.05) is 62.4 Å². The Labute approximate surface area is 263 Å². The van der Waals surface area contributed by atoms with Gasteiger partial charge in [-0.2, -0.15) is 0 Å². The quantitative estimate of drug-likeness (QED) is 0.134. The maximum Gasteiger partial charge on any atom is 0.341 e. The van der Waals surface area contributed by atoms with Gasteiger partial charge in [0.25, 0.3) is 0 Å². The lowest BCUT2D eigenvalue weighted by Crippen LogP contribution is -2.20. The average molecular weight is 611 g/mol. The van der Waals surface area contributed by atoms with Crippen LogP contribution in [0.5, 0.6) is 23.0 Å². The Morgan fingerprint density at radius 2 is 0.911 bits per heavy atom. The molecule has 0 radical (unpaired) electrons. The number of ether oxygens (including phenoxy) is 5. The van der Waals surface area contributed by atoms with E-state index in [-0.39, 0.29) is 22.6 Å². The first-order valence-electron chi connectivity index (χ1n) is 14.4. The molecule has 0 aliphatic heterocycles. The van der Waals surface area contributed by atoms with Gasteiger partial charge in [0.2, 0.25) is 0 Å². The fourth-order valence-electron chi connectivity index (χ4n) is 5.12. The van der Waals surface area contributed by atoms with Gasteiger partial charge >= 0.3 is 17.9 Å².